The quantitative estimate of drug-likeness (QED) is 0.684. The van der Waals surface area contributed by atoms with Crippen LogP contribution in [0, 0.1) is 0 Å². The minimum atomic E-state index is 0.255. The number of hydrogen-bond acceptors (Lipinski definition) is 5. The summed E-state index contributed by atoms with van der Waals surface area (Å²) in [5.74, 6) is 0.614. The van der Waals surface area contributed by atoms with Gasteiger partial charge in [0.05, 0.1) is 10.0 Å². The van der Waals surface area contributed by atoms with Gasteiger partial charge in [0, 0.05) is 30.1 Å². The minimum absolute atomic E-state index is 0.255. The van der Waals surface area contributed by atoms with E-state index in [2.05, 4.69) is 15.0 Å². The molecule has 5 nitrogen and oxygen atoms in total. The van der Waals surface area contributed by atoms with E-state index in [1.807, 2.05) is 0 Å². The first kappa shape index (κ1) is 13.7. The molecule has 0 spiro atoms. The van der Waals surface area contributed by atoms with Gasteiger partial charge in [0.25, 0.3) is 0 Å². The topological polar surface area (TPSA) is 65.0 Å². The van der Waals surface area contributed by atoms with Crippen molar-refractivity contribution in [3.05, 3.63) is 52.3 Å². The number of nitrogens with zero attached hydrogens (tertiary/aromatic N) is 3. The molecule has 2 aromatic heterocycles. The molecule has 0 aliphatic heterocycles. The van der Waals surface area contributed by atoms with Gasteiger partial charge in [-0.2, -0.15) is 4.98 Å². The lowest BCUT2D eigenvalue weighted by Gasteiger charge is -2.08. The Hall–Kier alpha value is -2.24. The normalized spacial score (nSPS) is 10.6. The van der Waals surface area contributed by atoms with E-state index in [-0.39, 0.29) is 10.0 Å². The minimum Gasteiger partial charge on any atom is -0.437 e. The summed E-state index contributed by atoms with van der Waals surface area (Å²) in [6, 6.07) is 6.29. The van der Waals surface area contributed by atoms with Crippen LogP contribution in [0.15, 0.2) is 36.7 Å². The molecule has 0 unspecified atom stereocenters. The zero-order valence-electron chi connectivity index (χ0n) is 10.5. The molecule has 0 atom stereocenters. The fourth-order valence-electron chi connectivity index (χ4n) is 1.72. The second-order valence-corrected chi connectivity index (χ2v) is 4.89. The maximum absolute atomic E-state index is 10.8. The molecule has 0 amide bonds. The molecule has 21 heavy (non-hydrogen) atoms. The van der Waals surface area contributed by atoms with Crippen molar-refractivity contribution in [2.24, 2.45) is 0 Å². The number of carbonyl (C=O) groups excluding carboxylic acids is 1. The molecule has 7 heteroatoms. The number of benzene rings is 1. The average molecular weight is 320 g/mol. The van der Waals surface area contributed by atoms with Crippen molar-refractivity contribution in [1.29, 1.82) is 0 Å². The highest BCUT2D eigenvalue weighted by Crippen LogP contribution is 2.33. The second-order valence-electron chi connectivity index (χ2n) is 4.07. The molecule has 104 valence electrons. The molecule has 0 saturated heterocycles. The largest absolute Gasteiger partial charge is 0.437 e. The molecule has 3 aromatic rings. The van der Waals surface area contributed by atoms with Crippen molar-refractivity contribution in [3.63, 3.8) is 0 Å². The highest BCUT2D eigenvalue weighted by atomic mass is 35.5. The van der Waals surface area contributed by atoms with Gasteiger partial charge in [-0.15, -0.1) is 0 Å². The lowest BCUT2D eigenvalue weighted by atomic mass is 10.2. The number of hydrogen-bond donors (Lipinski definition) is 0. The lowest BCUT2D eigenvalue weighted by Crippen LogP contribution is -1.93. The molecule has 0 radical (unpaired) electrons. The van der Waals surface area contributed by atoms with Crippen LogP contribution in [-0.4, -0.2) is 21.2 Å². The van der Waals surface area contributed by atoms with E-state index in [1.54, 1.807) is 24.5 Å². The fourth-order valence-corrected chi connectivity index (χ4v) is 2.13. The summed E-state index contributed by atoms with van der Waals surface area (Å²) in [6.45, 7) is 0. The van der Waals surface area contributed by atoms with E-state index in [0.29, 0.717) is 34.6 Å². The SMILES string of the molecule is O=Cc1cc(Cl)c(Oc2ccc3nccnc3n2)cc1Cl. The number of carbonyl (C=O) groups is 1. The summed E-state index contributed by atoms with van der Waals surface area (Å²) in [7, 11) is 0. The van der Waals surface area contributed by atoms with Crippen LogP contribution in [0.1, 0.15) is 10.4 Å². The monoisotopic (exact) mass is 319 g/mol. The van der Waals surface area contributed by atoms with Gasteiger partial charge >= 0.3 is 0 Å². The maximum Gasteiger partial charge on any atom is 0.221 e. The summed E-state index contributed by atoms with van der Waals surface area (Å²) in [6.07, 6.45) is 3.75. The number of fused-ring (bicyclic) bond motifs is 1. The van der Waals surface area contributed by atoms with E-state index >= 15 is 0 Å². The van der Waals surface area contributed by atoms with Crippen LogP contribution >= 0.6 is 23.2 Å². The molecule has 2 heterocycles. The number of halogens is 2. The van der Waals surface area contributed by atoms with E-state index in [4.69, 9.17) is 27.9 Å². The molecule has 0 fully saturated rings. The first-order chi connectivity index (χ1) is 10.2. The zero-order chi connectivity index (χ0) is 14.8. The molecular formula is C14H7Cl2N3O2. The second kappa shape index (κ2) is 5.63. The van der Waals surface area contributed by atoms with Gasteiger partial charge in [-0.25, -0.2) is 4.98 Å². The lowest BCUT2D eigenvalue weighted by molar-refractivity contribution is 0.112. The number of rotatable bonds is 3. The molecular weight excluding hydrogens is 313 g/mol. The van der Waals surface area contributed by atoms with Gasteiger partial charge < -0.3 is 4.74 Å². The van der Waals surface area contributed by atoms with Crippen LogP contribution in [0.2, 0.25) is 10.0 Å². The standard InChI is InChI=1S/C14H7Cl2N3O2/c15-9-6-12(10(16)5-8(9)7-20)21-13-2-1-11-14(19-13)18-4-3-17-11/h1-7H. The summed E-state index contributed by atoms with van der Waals surface area (Å²) in [5.41, 5.74) is 1.42. The Morgan fingerprint density at radius 1 is 1.05 bits per heavy atom. The predicted octanol–water partition coefficient (Wildman–Crippen LogP) is 3.94. The highest BCUT2D eigenvalue weighted by molar-refractivity contribution is 6.36. The summed E-state index contributed by atoms with van der Waals surface area (Å²) in [4.78, 5) is 23.2. The van der Waals surface area contributed by atoms with Crippen LogP contribution in [0.5, 0.6) is 11.6 Å². The van der Waals surface area contributed by atoms with Crippen molar-refractivity contribution < 1.29 is 9.53 Å². The van der Waals surface area contributed by atoms with Crippen LogP contribution in [0.3, 0.4) is 0 Å². The van der Waals surface area contributed by atoms with Crippen molar-refractivity contribution in [1.82, 2.24) is 15.0 Å². The molecule has 3 rings (SSSR count). The molecule has 0 saturated carbocycles. The number of aromatic nitrogens is 3. The van der Waals surface area contributed by atoms with Crippen molar-refractivity contribution in [2.45, 2.75) is 0 Å². The third kappa shape index (κ3) is 2.79. The van der Waals surface area contributed by atoms with Crippen molar-refractivity contribution >= 4 is 40.7 Å². The van der Waals surface area contributed by atoms with E-state index in [9.17, 15) is 4.79 Å². The average Bonchev–Trinajstić information content (AvgIpc) is 2.50. The Balaban J connectivity index is 1.98. The zero-order valence-corrected chi connectivity index (χ0v) is 12.0. The van der Waals surface area contributed by atoms with Gasteiger partial charge in [0.1, 0.15) is 11.3 Å². The van der Waals surface area contributed by atoms with Crippen molar-refractivity contribution in [2.75, 3.05) is 0 Å². The summed E-state index contributed by atoms with van der Waals surface area (Å²) >= 11 is 12.0. The Labute approximate surface area is 129 Å². The highest BCUT2D eigenvalue weighted by Gasteiger charge is 2.10. The van der Waals surface area contributed by atoms with E-state index < -0.39 is 0 Å². The van der Waals surface area contributed by atoms with Gasteiger partial charge in [-0.3, -0.25) is 9.78 Å². The maximum atomic E-state index is 10.8. The molecule has 0 bridgehead atoms. The molecule has 0 N–H and O–H groups in total. The smallest absolute Gasteiger partial charge is 0.221 e. The van der Waals surface area contributed by atoms with Gasteiger partial charge in [0.2, 0.25) is 5.88 Å². The van der Waals surface area contributed by atoms with Crippen LogP contribution < -0.4 is 4.74 Å². The van der Waals surface area contributed by atoms with E-state index in [0.717, 1.165) is 0 Å². The van der Waals surface area contributed by atoms with Crippen LogP contribution in [-0.2, 0) is 0 Å². The van der Waals surface area contributed by atoms with Gasteiger partial charge in [0.15, 0.2) is 11.9 Å². The van der Waals surface area contributed by atoms with Gasteiger partial charge in [-0.1, -0.05) is 23.2 Å². The first-order valence-electron chi connectivity index (χ1n) is 5.87. The predicted molar refractivity (Wildman–Crippen MR) is 79.3 cm³/mol. The van der Waals surface area contributed by atoms with E-state index in [1.165, 1.54) is 12.1 Å². The number of pyridine rings is 1. The Bertz CT molecular complexity index is 840. The Morgan fingerprint density at radius 2 is 1.86 bits per heavy atom. The third-order valence-electron chi connectivity index (χ3n) is 2.70. The first-order valence-corrected chi connectivity index (χ1v) is 6.63. The Kier molecular flexibility index (Phi) is 3.68. The van der Waals surface area contributed by atoms with Crippen LogP contribution in [0.25, 0.3) is 11.2 Å². The number of aldehydes is 1. The molecule has 0 aliphatic carbocycles. The number of ether oxygens (including phenoxy) is 1. The molecule has 0 aliphatic rings. The molecule has 1 aromatic carbocycles. The fraction of sp³-hybridized carbons (Fsp3) is 0. The summed E-state index contributed by atoms with van der Waals surface area (Å²) < 4.78 is 5.59. The van der Waals surface area contributed by atoms with Crippen molar-refractivity contribution in [3.8, 4) is 11.6 Å². The van der Waals surface area contributed by atoms with Crippen LogP contribution in [0.4, 0.5) is 0 Å². The van der Waals surface area contributed by atoms with Gasteiger partial charge in [-0.05, 0) is 12.1 Å². The summed E-state index contributed by atoms with van der Waals surface area (Å²) in [5, 5.41) is 0.521. The Morgan fingerprint density at radius 3 is 2.67 bits per heavy atom. The third-order valence-corrected chi connectivity index (χ3v) is 3.32.